The first-order chi connectivity index (χ1) is 9.26. The number of hydrogen-bond donors (Lipinski definition) is 4. The Bertz CT molecular complexity index is 346. The highest BCUT2D eigenvalue weighted by Crippen LogP contribution is 1.95. The van der Waals surface area contributed by atoms with Gasteiger partial charge in [0.15, 0.2) is 0 Å². The Morgan fingerprint density at radius 2 is 1.75 bits per heavy atom. The number of urea groups is 1. The van der Waals surface area contributed by atoms with E-state index in [0.717, 1.165) is 0 Å². The molecule has 0 radical (unpaired) electrons. The number of hydrogen-bond acceptors (Lipinski definition) is 4. The van der Waals surface area contributed by atoms with Crippen LogP contribution in [-0.2, 0) is 14.3 Å². The molecule has 0 aliphatic rings. The summed E-state index contributed by atoms with van der Waals surface area (Å²) in [7, 11) is 1.37. The van der Waals surface area contributed by atoms with Crippen molar-refractivity contribution in [2.45, 2.75) is 45.4 Å². The smallest absolute Gasteiger partial charge is 0.315 e. The Morgan fingerprint density at radius 3 is 2.20 bits per heavy atom. The third kappa shape index (κ3) is 8.30. The normalized spacial score (nSPS) is 13.4. The SMILES string of the molecule is COC(CNC(=O)NC(C)C(=O)NC(C)C)CC(=O)O. The standard InChI is InChI=1S/C12H23N3O5/c1-7(2)14-11(18)8(3)15-12(19)13-6-9(20-4)5-10(16)17/h7-9H,5-6H2,1-4H3,(H,14,18)(H,16,17)(H2,13,15,19). The number of methoxy groups -OCH3 is 1. The highest BCUT2D eigenvalue weighted by Gasteiger charge is 2.17. The van der Waals surface area contributed by atoms with Crippen LogP contribution in [0.5, 0.6) is 0 Å². The van der Waals surface area contributed by atoms with E-state index in [1.165, 1.54) is 7.11 Å². The summed E-state index contributed by atoms with van der Waals surface area (Å²) >= 11 is 0. The zero-order valence-electron chi connectivity index (χ0n) is 12.2. The minimum atomic E-state index is -1.01. The molecule has 0 aromatic heterocycles. The maximum Gasteiger partial charge on any atom is 0.315 e. The molecule has 0 aromatic rings. The highest BCUT2D eigenvalue weighted by molar-refractivity contribution is 5.86. The third-order valence-electron chi connectivity index (χ3n) is 2.40. The van der Waals surface area contributed by atoms with Gasteiger partial charge < -0.3 is 25.8 Å². The molecule has 4 N–H and O–H groups in total. The van der Waals surface area contributed by atoms with Gasteiger partial charge in [-0.2, -0.15) is 0 Å². The molecule has 2 atom stereocenters. The van der Waals surface area contributed by atoms with Crippen molar-refractivity contribution in [3.8, 4) is 0 Å². The average Bonchev–Trinajstić information content (AvgIpc) is 2.32. The number of aliphatic carboxylic acids is 1. The molecule has 0 saturated carbocycles. The van der Waals surface area contributed by atoms with Crippen molar-refractivity contribution in [3.63, 3.8) is 0 Å². The number of carbonyl (C=O) groups excluding carboxylic acids is 2. The Balaban J connectivity index is 4.09. The van der Waals surface area contributed by atoms with E-state index >= 15 is 0 Å². The number of rotatable bonds is 8. The van der Waals surface area contributed by atoms with Gasteiger partial charge in [-0.1, -0.05) is 0 Å². The predicted octanol–water partition coefficient (Wildman–Crippen LogP) is -0.312. The van der Waals surface area contributed by atoms with E-state index in [9.17, 15) is 14.4 Å². The van der Waals surface area contributed by atoms with Crippen LogP contribution in [0.25, 0.3) is 0 Å². The summed E-state index contributed by atoms with van der Waals surface area (Å²) in [5.74, 6) is -1.30. The summed E-state index contributed by atoms with van der Waals surface area (Å²) in [6.07, 6.45) is -0.821. The van der Waals surface area contributed by atoms with Crippen LogP contribution in [0, 0.1) is 0 Å². The Hall–Kier alpha value is -1.83. The van der Waals surface area contributed by atoms with Gasteiger partial charge in [0.2, 0.25) is 5.91 Å². The summed E-state index contributed by atoms with van der Waals surface area (Å²) in [4.78, 5) is 33.6. The Labute approximate surface area is 118 Å². The molecule has 0 fully saturated rings. The zero-order chi connectivity index (χ0) is 15.7. The largest absolute Gasteiger partial charge is 0.481 e. The van der Waals surface area contributed by atoms with Crippen molar-refractivity contribution in [1.29, 1.82) is 0 Å². The van der Waals surface area contributed by atoms with Crippen molar-refractivity contribution in [1.82, 2.24) is 16.0 Å². The molecule has 116 valence electrons. The van der Waals surface area contributed by atoms with Crippen LogP contribution >= 0.6 is 0 Å². The van der Waals surface area contributed by atoms with Crippen molar-refractivity contribution >= 4 is 17.9 Å². The second-order valence-corrected chi connectivity index (χ2v) is 4.69. The van der Waals surface area contributed by atoms with Gasteiger partial charge in [-0.15, -0.1) is 0 Å². The van der Waals surface area contributed by atoms with Gasteiger partial charge in [0.25, 0.3) is 0 Å². The molecule has 0 rings (SSSR count). The van der Waals surface area contributed by atoms with Crippen LogP contribution in [0.4, 0.5) is 4.79 Å². The molecule has 0 aromatic carbocycles. The molecule has 0 aliphatic carbocycles. The quantitative estimate of drug-likeness (QED) is 0.489. The van der Waals surface area contributed by atoms with E-state index in [-0.39, 0.29) is 24.9 Å². The lowest BCUT2D eigenvalue weighted by Crippen LogP contribution is -2.50. The summed E-state index contributed by atoms with van der Waals surface area (Å²) in [6, 6.07) is -1.25. The van der Waals surface area contributed by atoms with Crippen LogP contribution in [0.15, 0.2) is 0 Å². The van der Waals surface area contributed by atoms with E-state index in [1.54, 1.807) is 6.92 Å². The number of ether oxygens (including phenoxy) is 1. The number of carboxylic acid groups (broad SMARTS) is 1. The first-order valence-corrected chi connectivity index (χ1v) is 6.35. The summed E-state index contributed by atoms with van der Waals surface area (Å²) in [5.41, 5.74) is 0. The molecule has 2 unspecified atom stereocenters. The van der Waals surface area contributed by atoms with Gasteiger partial charge in [0.05, 0.1) is 12.5 Å². The van der Waals surface area contributed by atoms with Crippen molar-refractivity contribution in [2.75, 3.05) is 13.7 Å². The summed E-state index contributed by atoms with van der Waals surface area (Å²) in [6.45, 7) is 5.25. The summed E-state index contributed by atoms with van der Waals surface area (Å²) < 4.78 is 4.91. The number of carboxylic acids is 1. The van der Waals surface area contributed by atoms with Crippen LogP contribution in [0.1, 0.15) is 27.2 Å². The Kier molecular flexibility index (Phi) is 8.30. The van der Waals surface area contributed by atoms with Crippen LogP contribution in [0.2, 0.25) is 0 Å². The maximum atomic E-state index is 11.6. The minimum absolute atomic E-state index is 0.0109. The first kappa shape index (κ1) is 18.2. The van der Waals surface area contributed by atoms with Crippen molar-refractivity contribution in [2.24, 2.45) is 0 Å². The van der Waals surface area contributed by atoms with Crippen molar-refractivity contribution in [3.05, 3.63) is 0 Å². The monoisotopic (exact) mass is 289 g/mol. The molecule has 3 amide bonds. The topological polar surface area (TPSA) is 117 Å². The van der Waals surface area contributed by atoms with Crippen LogP contribution in [0.3, 0.4) is 0 Å². The van der Waals surface area contributed by atoms with Gasteiger partial charge in [-0.05, 0) is 20.8 Å². The van der Waals surface area contributed by atoms with Gasteiger partial charge >= 0.3 is 12.0 Å². The molecule has 0 aliphatic heterocycles. The van der Waals surface area contributed by atoms with Crippen LogP contribution < -0.4 is 16.0 Å². The van der Waals surface area contributed by atoms with Gasteiger partial charge in [0, 0.05) is 19.7 Å². The fourth-order valence-electron chi connectivity index (χ4n) is 1.36. The van der Waals surface area contributed by atoms with E-state index in [2.05, 4.69) is 16.0 Å². The lowest BCUT2D eigenvalue weighted by Gasteiger charge is -2.18. The lowest BCUT2D eigenvalue weighted by atomic mass is 10.2. The van der Waals surface area contributed by atoms with E-state index in [1.807, 2.05) is 13.8 Å². The lowest BCUT2D eigenvalue weighted by molar-refractivity contribution is -0.139. The number of amides is 3. The molecule has 8 nitrogen and oxygen atoms in total. The van der Waals surface area contributed by atoms with E-state index in [4.69, 9.17) is 9.84 Å². The van der Waals surface area contributed by atoms with Gasteiger partial charge in [-0.25, -0.2) is 4.79 Å². The third-order valence-corrected chi connectivity index (χ3v) is 2.40. The zero-order valence-corrected chi connectivity index (χ0v) is 12.2. The molecular formula is C12H23N3O5. The molecule has 0 saturated heterocycles. The average molecular weight is 289 g/mol. The fourth-order valence-corrected chi connectivity index (χ4v) is 1.36. The molecule has 0 bridgehead atoms. The van der Waals surface area contributed by atoms with Crippen LogP contribution in [-0.4, -0.2) is 54.9 Å². The van der Waals surface area contributed by atoms with Gasteiger partial charge in [0.1, 0.15) is 6.04 Å². The number of nitrogens with one attached hydrogen (secondary N) is 3. The number of carbonyl (C=O) groups is 3. The first-order valence-electron chi connectivity index (χ1n) is 6.35. The molecule has 8 heteroatoms. The fraction of sp³-hybridized carbons (Fsp3) is 0.750. The second-order valence-electron chi connectivity index (χ2n) is 4.69. The molecule has 0 heterocycles. The highest BCUT2D eigenvalue weighted by atomic mass is 16.5. The van der Waals surface area contributed by atoms with Gasteiger partial charge in [-0.3, -0.25) is 9.59 Å². The second kappa shape index (κ2) is 9.13. The maximum absolute atomic E-state index is 11.6. The van der Waals surface area contributed by atoms with E-state index < -0.39 is 24.1 Å². The molecule has 20 heavy (non-hydrogen) atoms. The summed E-state index contributed by atoms with van der Waals surface area (Å²) in [5, 5.41) is 16.2. The Morgan fingerprint density at radius 1 is 1.15 bits per heavy atom. The van der Waals surface area contributed by atoms with Crippen molar-refractivity contribution < 1.29 is 24.2 Å². The van der Waals surface area contributed by atoms with E-state index in [0.29, 0.717) is 0 Å². The molecule has 0 spiro atoms. The molecular weight excluding hydrogens is 266 g/mol. The predicted molar refractivity (Wildman–Crippen MR) is 72.3 cm³/mol. The minimum Gasteiger partial charge on any atom is -0.481 e.